The second kappa shape index (κ2) is 7.29. The van der Waals surface area contributed by atoms with Gasteiger partial charge in [-0.15, -0.1) is 0 Å². The Bertz CT molecular complexity index is 613. The molecule has 0 amide bonds. The molecule has 3 nitrogen and oxygen atoms in total. The second-order valence-electron chi connectivity index (χ2n) is 4.40. The SMILES string of the molecule is CCOC(=O)C=C(c1ccccc1)c1ccc(OC)cc1. The van der Waals surface area contributed by atoms with Gasteiger partial charge < -0.3 is 9.47 Å². The van der Waals surface area contributed by atoms with Gasteiger partial charge in [-0.2, -0.15) is 0 Å². The lowest BCUT2D eigenvalue weighted by atomic mass is 9.97. The van der Waals surface area contributed by atoms with Crippen LogP contribution in [0.1, 0.15) is 18.1 Å². The normalized spacial score (nSPS) is 11.0. The highest BCUT2D eigenvalue weighted by atomic mass is 16.5. The zero-order valence-electron chi connectivity index (χ0n) is 12.2. The van der Waals surface area contributed by atoms with Crippen LogP contribution in [0.3, 0.4) is 0 Å². The van der Waals surface area contributed by atoms with E-state index in [-0.39, 0.29) is 5.97 Å². The molecular formula is C18H18O3. The van der Waals surface area contributed by atoms with Gasteiger partial charge >= 0.3 is 5.97 Å². The molecule has 2 rings (SSSR count). The number of benzene rings is 2. The molecule has 0 fully saturated rings. The van der Waals surface area contributed by atoms with Crippen LogP contribution >= 0.6 is 0 Å². The molecule has 0 bridgehead atoms. The molecule has 0 aromatic heterocycles. The number of ether oxygens (including phenoxy) is 2. The van der Waals surface area contributed by atoms with Gasteiger partial charge in [0, 0.05) is 6.08 Å². The Labute approximate surface area is 124 Å². The number of carbonyl (C=O) groups is 1. The largest absolute Gasteiger partial charge is 0.497 e. The first-order valence-electron chi connectivity index (χ1n) is 6.83. The smallest absolute Gasteiger partial charge is 0.331 e. The molecule has 3 heteroatoms. The first kappa shape index (κ1) is 14.9. The van der Waals surface area contributed by atoms with Crippen LogP contribution in [0.15, 0.2) is 60.7 Å². The zero-order valence-corrected chi connectivity index (χ0v) is 12.2. The molecule has 0 atom stereocenters. The Balaban J connectivity index is 2.42. The van der Waals surface area contributed by atoms with E-state index < -0.39 is 0 Å². The molecule has 0 heterocycles. The molecule has 2 aromatic rings. The summed E-state index contributed by atoms with van der Waals surface area (Å²) in [5.74, 6) is 0.439. The quantitative estimate of drug-likeness (QED) is 0.620. The van der Waals surface area contributed by atoms with Crippen LogP contribution in [-0.2, 0) is 9.53 Å². The van der Waals surface area contributed by atoms with Crippen LogP contribution in [0.5, 0.6) is 5.75 Å². The topological polar surface area (TPSA) is 35.5 Å². The molecule has 0 spiro atoms. The van der Waals surface area contributed by atoms with E-state index in [1.165, 1.54) is 6.08 Å². The van der Waals surface area contributed by atoms with Crippen molar-refractivity contribution in [3.8, 4) is 5.75 Å². The third kappa shape index (κ3) is 3.96. The molecular weight excluding hydrogens is 264 g/mol. The molecule has 0 aliphatic rings. The van der Waals surface area contributed by atoms with Gasteiger partial charge in [-0.25, -0.2) is 4.79 Å². The number of carbonyl (C=O) groups excluding carboxylic acids is 1. The summed E-state index contributed by atoms with van der Waals surface area (Å²) in [6.07, 6.45) is 1.53. The highest BCUT2D eigenvalue weighted by Gasteiger charge is 2.08. The van der Waals surface area contributed by atoms with Crippen LogP contribution in [-0.4, -0.2) is 19.7 Å². The van der Waals surface area contributed by atoms with Gasteiger partial charge in [0.05, 0.1) is 13.7 Å². The van der Waals surface area contributed by atoms with Crippen molar-refractivity contribution in [2.24, 2.45) is 0 Å². The molecule has 0 aliphatic heterocycles. The molecule has 0 radical (unpaired) electrons. The fourth-order valence-corrected chi connectivity index (χ4v) is 2.02. The summed E-state index contributed by atoms with van der Waals surface area (Å²) in [4.78, 5) is 11.8. The van der Waals surface area contributed by atoms with Crippen LogP contribution in [0.25, 0.3) is 5.57 Å². The van der Waals surface area contributed by atoms with E-state index in [9.17, 15) is 4.79 Å². The summed E-state index contributed by atoms with van der Waals surface area (Å²) in [6.45, 7) is 2.15. The van der Waals surface area contributed by atoms with Gasteiger partial charge in [-0.3, -0.25) is 0 Å². The lowest BCUT2D eigenvalue weighted by Crippen LogP contribution is -2.01. The van der Waals surface area contributed by atoms with E-state index in [0.29, 0.717) is 6.61 Å². The van der Waals surface area contributed by atoms with E-state index >= 15 is 0 Å². The lowest BCUT2D eigenvalue weighted by Gasteiger charge is -2.09. The van der Waals surface area contributed by atoms with Crippen molar-refractivity contribution in [2.75, 3.05) is 13.7 Å². The van der Waals surface area contributed by atoms with Gasteiger partial charge in [0.2, 0.25) is 0 Å². The summed E-state index contributed by atoms with van der Waals surface area (Å²) in [6, 6.07) is 17.4. The summed E-state index contributed by atoms with van der Waals surface area (Å²) < 4.78 is 10.2. The molecule has 0 unspecified atom stereocenters. The average molecular weight is 282 g/mol. The Morgan fingerprint density at radius 3 is 2.19 bits per heavy atom. The maximum absolute atomic E-state index is 11.8. The zero-order chi connectivity index (χ0) is 15.1. The molecule has 0 saturated carbocycles. The van der Waals surface area contributed by atoms with Gasteiger partial charge in [-0.05, 0) is 35.8 Å². The number of esters is 1. The molecule has 2 aromatic carbocycles. The van der Waals surface area contributed by atoms with E-state index in [0.717, 1.165) is 22.4 Å². The fraction of sp³-hybridized carbons (Fsp3) is 0.167. The minimum absolute atomic E-state index is 0.341. The first-order chi connectivity index (χ1) is 10.2. The van der Waals surface area contributed by atoms with Crippen LogP contribution in [0.4, 0.5) is 0 Å². The van der Waals surface area contributed by atoms with Crippen LogP contribution < -0.4 is 4.74 Å². The summed E-state index contributed by atoms with van der Waals surface area (Å²) in [7, 11) is 1.63. The van der Waals surface area contributed by atoms with Crippen LogP contribution in [0, 0.1) is 0 Å². The highest BCUT2D eigenvalue weighted by molar-refractivity contribution is 5.96. The monoisotopic (exact) mass is 282 g/mol. The van der Waals surface area contributed by atoms with Gasteiger partial charge in [-0.1, -0.05) is 42.5 Å². The Morgan fingerprint density at radius 2 is 1.62 bits per heavy atom. The maximum Gasteiger partial charge on any atom is 0.331 e. The Morgan fingerprint density at radius 1 is 1.00 bits per heavy atom. The van der Waals surface area contributed by atoms with E-state index in [2.05, 4.69) is 0 Å². The number of hydrogen-bond donors (Lipinski definition) is 0. The highest BCUT2D eigenvalue weighted by Crippen LogP contribution is 2.25. The number of rotatable bonds is 5. The van der Waals surface area contributed by atoms with Gasteiger partial charge in [0.25, 0.3) is 0 Å². The van der Waals surface area contributed by atoms with Crippen molar-refractivity contribution in [3.63, 3.8) is 0 Å². The summed E-state index contributed by atoms with van der Waals surface area (Å²) in [5, 5.41) is 0. The first-order valence-corrected chi connectivity index (χ1v) is 6.83. The predicted molar refractivity (Wildman–Crippen MR) is 83.1 cm³/mol. The van der Waals surface area contributed by atoms with Crippen molar-refractivity contribution in [2.45, 2.75) is 6.92 Å². The maximum atomic E-state index is 11.8. The van der Waals surface area contributed by atoms with Crippen molar-refractivity contribution < 1.29 is 14.3 Å². The third-order valence-corrected chi connectivity index (χ3v) is 3.03. The minimum atomic E-state index is -0.341. The standard InChI is InChI=1S/C18H18O3/c1-3-21-18(19)13-17(14-7-5-4-6-8-14)15-9-11-16(20-2)12-10-15/h4-13H,3H2,1-2H3. The summed E-state index contributed by atoms with van der Waals surface area (Å²) in [5.41, 5.74) is 2.74. The van der Waals surface area contributed by atoms with E-state index in [1.54, 1.807) is 14.0 Å². The lowest BCUT2D eigenvalue weighted by molar-refractivity contribution is -0.137. The third-order valence-electron chi connectivity index (χ3n) is 3.03. The van der Waals surface area contributed by atoms with Crippen LogP contribution in [0.2, 0.25) is 0 Å². The number of methoxy groups -OCH3 is 1. The Kier molecular flexibility index (Phi) is 5.16. The minimum Gasteiger partial charge on any atom is -0.497 e. The predicted octanol–water partition coefficient (Wildman–Crippen LogP) is 3.69. The van der Waals surface area contributed by atoms with Gasteiger partial charge in [0.15, 0.2) is 0 Å². The van der Waals surface area contributed by atoms with Crippen molar-refractivity contribution in [3.05, 3.63) is 71.8 Å². The van der Waals surface area contributed by atoms with E-state index in [4.69, 9.17) is 9.47 Å². The molecule has 0 N–H and O–H groups in total. The average Bonchev–Trinajstić information content (AvgIpc) is 2.54. The molecule has 0 aliphatic carbocycles. The molecule has 0 saturated heterocycles. The number of hydrogen-bond acceptors (Lipinski definition) is 3. The second-order valence-corrected chi connectivity index (χ2v) is 4.40. The van der Waals surface area contributed by atoms with Crippen molar-refractivity contribution in [1.82, 2.24) is 0 Å². The summed E-state index contributed by atoms with van der Waals surface area (Å²) >= 11 is 0. The van der Waals surface area contributed by atoms with Crippen molar-refractivity contribution >= 4 is 11.5 Å². The van der Waals surface area contributed by atoms with Crippen molar-refractivity contribution in [1.29, 1.82) is 0 Å². The van der Waals surface area contributed by atoms with Gasteiger partial charge in [0.1, 0.15) is 5.75 Å². The Hall–Kier alpha value is -2.55. The van der Waals surface area contributed by atoms with E-state index in [1.807, 2.05) is 54.6 Å². The fourth-order valence-electron chi connectivity index (χ4n) is 2.02. The molecule has 21 heavy (non-hydrogen) atoms. The molecule has 108 valence electrons.